The summed E-state index contributed by atoms with van der Waals surface area (Å²) >= 11 is 0. The molecule has 2 heteroatoms. The van der Waals surface area contributed by atoms with E-state index in [9.17, 15) is 0 Å². The molecule has 12 rings (SSSR count). The molecule has 1 aromatic heterocycles. The van der Waals surface area contributed by atoms with Gasteiger partial charge in [-0.3, -0.25) is 0 Å². The second kappa shape index (κ2) is 15.8. The van der Waals surface area contributed by atoms with Gasteiger partial charge in [0.05, 0.1) is 16.7 Å². The topological polar surface area (TPSA) is 8.17 Å². The summed E-state index contributed by atoms with van der Waals surface area (Å²) in [7, 11) is 0. The molecule has 0 amide bonds. The molecule has 12 aromatic rings. The molecule has 0 saturated carbocycles. The van der Waals surface area contributed by atoms with Gasteiger partial charge in [-0.1, -0.05) is 188 Å². The predicted octanol–water partition coefficient (Wildman–Crippen LogP) is 17.2. The fraction of sp³-hybridized carbons (Fsp3) is 0. The van der Waals surface area contributed by atoms with Gasteiger partial charge >= 0.3 is 0 Å². The van der Waals surface area contributed by atoms with E-state index in [1.165, 1.54) is 82.3 Å². The molecule has 0 radical (unpaired) electrons. The highest BCUT2D eigenvalue weighted by atomic mass is 15.1. The van der Waals surface area contributed by atoms with Crippen LogP contribution >= 0.6 is 0 Å². The van der Waals surface area contributed by atoms with E-state index in [1.54, 1.807) is 0 Å². The van der Waals surface area contributed by atoms with Crippen molar-refractivity contribution in [2.45, 2.75) is 0 Å². The first-order valence-corrected chi connectivity index (χ1v) is 22.0. The second-order valence-electron chi connectivity index (χ2n) is 16.5. The van der Waals surface area contributed by atoms with Gasteiger partial charge in [0.2, 0.25) is 0 Å². The number of rotatable bonds is 8. The lowest BCUT2D eigenvalue weighted by atomic mass is 9.92. The van der Waals surface area contributed by atoms with E-state index in [4.69, 9.17) is 0 Å². The van der Waals surface area contributed by atoms with Gasteiger partial charge < -0.3 is 9.47 Å². The maximum atomic E-state index is 2.45. The molecule has 11 aromatic carbocycles. The summed E-state index contributed by atoms with van der Waals surface area (Å²) < 4.78 is 2.45. The van der Waals surface area contributed by atoms with Crippen LogP contribution in [0.25, 0.3) is 93.5 Å². The molecule has 0 aliphatic rings. The Balaban J connectivity index is 0.951. The van der Waals surface area contributed by atoms with Gasteiger partial charge in [-0.25, -0.2) is 0 Å². The molecule has 0 fully saturated rings. The summed E-state index contributed by atoms with van der Waals surface area (Å²) in [5.41, 5.74) is 16.4. The molecule has 2 nitrogen and oxygen atoms in total. The van der Waals surface area contributed by atoms with Gasteiger partial charge in [0, 0.05) is 33.4 Å². The van der Waals surface area contributed by atoms with E-state index in [0.717, 1.165) is 28.3 Å². The summed E-state index contributed by atoms with van der Waals surface area (Å²) in [4.78, 5) is 2.35. The average Bonchev–Trinajstić information content (AvgIpc) is 3.71. The number of nitrogens with zero attached hydrogens (tertiary/aromatic N) is 2. The molecule has 0 unspecified atom stereocenters. The molecule has 0 aliphatic heterocycles. The van der Waals surface area contributed by atoms with Gasteiger partial charge in [-0.2, -0.15) is 0 Å². The van der Waals surface area contributed by atoms with Crippen LogP contribution in [0.2, 0.25) is 0 Å². The highest BCUT2D eigenvalue weighted by Crippen LogP contribution is 2.42. The Kier molecular flexibility index (Phi) is 9.20. The lowest BCUT2D eigenvalue weighted by Gasteiger charge is -2.26. The highest BCUT2D eigenvalue weighted by molar-refractivity contribution is 6.16. The van der Waals surface area contributed by atoms with E-state index in [-0.39, 0.29) is 0 Å². The molecule has 300 valence electrons. The molecule has 0 aliphatic carbocycles. The lowest BCUT2D eigenvalue weighted by molar-refractivity contribution is 1.18. The maximum absolute atomic E-state index is 2.45. The molecular weight excluding hydrogens is 773 g/mol. The number of fused-ring (bicyclic) bond motifs is 6. The normalized spacial score (nSPS) is 11.4. The van der Waals surface area contributed by atoms with Gasteiger partial charge in [-0.05, 0) is 127 Å². The number of hydrogen-bond donors (Lipinski definition) is 0. The van der Waals surface area contributed by atoms with Crippen LogP contribution in [-0.4, -0.2) is 4.57 Å². The van der Waals surface area contributed by atoms with Crippen LogP contribution in [0.4, 0.5) is 17.1 Å². The molecule has 0 saturated heterocycles. The molecule has 0 bridgehead atoms. The highest BCUT2D eigenvalue weighted by Gasteiger charge is 2.19. The smallest absolute Gasteiger partial charge is 0.0541 e. The third-order valence-electron chi connectivity index (χ3n) is 12.8. The molecule has 64 heavy (non-hydrogen) atoms. The van der Waals surface area contributed by atoms with Crippen molar-refractivity contribution in [1.82, 2.24) is 4.57 Å². The maximum Gasteiger partial charge on any atom is 0.0541 e. The minimum atomic E-state index is 1.09. The zero-order valence-electron chi connectivity index (χ0n) is 35.1. The van der Waals surface area contributed by atoms with Crippen LogP contribution in [0.5, 0.6) is 0 Å². The summed E-state index contributed by atoms with van der Waals surface area (Å²) in [5.74, 6) is 0. The molecule has 0 N–H and O–H groups in total. The number of aromatic nitrogens is 1. The largest absolute Gasteiger partial charge is 0.311 e. The molecule has 0 atom stereocenters. The van der Waals surface area contributed by atoms with E-state index < -0.39 is 0 Å². The van der Waals surface area contributed by atoms with Crippen molar-refractivity contribution in [2.24, 2.45) is 0 Å². The Labute approximate surface area is 373 Å². The lowest BCUT2D eigenvalue weighted by Crippen LogP contribution is -2.09. The first kappa shape index (κ1) is 37.3. The third-order valence-corrected chi connectivity index (χ3v) is 12.8. The predicted molar refractivity (Wildman–Crippen MR) is 272 cm³/mol. The summed E-state index contributed by atoms with van der Waals surface area (Å²) in [5, 5.41) is 7.56. The van der Waals surface area contributed by atoms with Crippen LogP contribution in [0.15, 0.2) is 255 Å². The van der Waals surface area contributed by atoms with Crippen LogP contribution < -0.4 is 4.90 Å². The zero-order chi connectivity index (χ0) is 42.4. The van der Waals surface area contributed by atoms with Crippen LogP contribution in [0.1, 0.15) is 0 Å². The van der Waals surface area contributed by atoms with Crippen LogP contribution in [-0.2, 0) is 0 Å². The Bertz CT molecular complexity index is 3540. The van der Waals surface area contributed by atoms with Gasteiger partial charge in [0.1, 0.15) is 0 Å². The minimum Gasteiger partial charge on any atom is -0.311 e. The van der Waals surface area contributed by atoms with Crippen LogP contribution in [0.3, 0.4) is 0 Å². The van der Waals surface area contributed by atoms with Crippen molar-refractivity contribution in [3.05, 3.63) is 255 Å². The first-order valence-electron chi connectivity index (χ1n) is 22.0. The molecule has 0 spiro atoms. The third kappa shape index (κ3) is 6.52. The van der Waals surface area contributed by atoms with Crippen molar-refractivity contribution in [1.29, 1.82) is 0 Å². The summed E-state index contributed by atoms with van der Waals surface area (Å²) in [6.07, 6.45) is 0. The first-order chi connectivity index (χ1) is 31.7. The summed E-state index contributed by atoms with van der Waals surface area (Å²) in [6.45, 7) is 0. The fourth-order valence-electron chi connectivity index (χ4n) is 9.71. The zero-order valence-corrected chi connectivity index (χ0v) is 35.1. The Morgan fingerprint density at radius 2 is 0.703 bits per heavy atom. The second-order valence-corrected chi connectivity index (χ2v) is 16.5. The standard InChI is InChI=1S/C62H42N2/c1-3-15-43(16-4-1)45-27-34-50(35-28-45)63(51-36-29-46(30-37-51)44-17-5-2-6-18-44)52-38-31-47(32-39-52)54-21-11-13-25-60(54)64-61-26-14-12-24-57(61)59-42-49(33-40-62(59)64)58-41-48-19-7-8-20-53(48)55-22-9-10-23-56(55)58/h1-42H. The van der Waals surface area contributed by atoms with Crippen molar-refractivity contribution >= 4 is 60.4 Å². The molecular formula is C62H42N2. The van der Waals surface area contributed by atoms with Gasteiger partial charge in [-0.15, -0.1) is 0 Å². The van der Waals surface area contributed by atoms with Gasteiger partial charge in [0.25, 0.3) is 0 Å². The van der Waals surface area contributed by atoms with Crippen molar-refractivity contribution in [3.63, 3.8) is 0 Å². The van der Waals surface area contributed by atoms with Gasteiger partial charge in [0.15, 0.2) is 0 Å². The van der Waals surface area contributed by atoms with E-state index in [0.29, 0.717) is 0 Å². The van der Waals surface area contributed by atoms with Crippen molar-refractivity contribution < 1.29 is 0 Å². The number of hydrogen-bond acceptors (Lipinski definition) is 1. The number of benzene rings is 11. The Morgan fingerprint density at radius 3 is 1.34 bits per heavy atom. The molecule has 1 heterocycles. The summed E-state index contributed by atoms with van der Waals surface area (Å²) in [6, 6.07) is 92.6. The van der Waals surface area contributed by atoms with Crippen molar-refractivity contribution in [2.75, 3.05) is 4.90 Å². The monoisotopic (exact) mass is 814 g/mol. The number of anilines is 3. The minimum absolute atomic E-state index is 1.09. The van der Waals surface area contributed by atoms with E-state index in [1.807, 2.05) is 0 Å². The number of para-hydroxylation sites is 2. The van der Waals surface area contributed by atoms with E-state index in [2.05, 4.69) is 264 Å². The average molecular weight is 815 g/mol. The fourth-order valence-corrected chi connectivity index (χ4v) is 9.71. The Hall–Kier alpha value is -8.46. The SMILES string of the molecule is c1ccc(-c2ccc(N(c3ccc(-c4ccccc4)cc3)c3ccc(-c4ccccc4-n4c5ccccc5c5cc(-c6cc7ccccc7c7ccccc67)ccc54)cc3)cc2)cc1. The quantitative estimate of drug-likeness (QED) is 0.139. The van der Waals surface area contributed by atoms with Crippen LogP contribution in [0, 0.1) is 0 Å². The Morgan fingerprint density at radius 1 is 0.250 bits per heavy atom. The van der Waals surface area contributed by atoms with E-state index >= 15 is 0 Å². The van der Waals surface area contributed by atoms with Crippen molar-refractivity contribution in [3.8, 4) is 50.2 Å².